The number of hydrogen-bond acceptors (Lipinski definition) is 5. The minimum absolute atomic E-state index is 0.121. The first kappa shape index (κ1) is 13.9. The summed E-state index contributed by atoms with van der Waals surface area (Å²) < 4.78 is 0. The number of nitrogens with one attached hydrogen (secondary N) is 1. The van der Waals surface area contributed by atoms with E-state index >= 15 is 0 Å². The van der Waals surface area contributed by atoms with Crippen LogP contribution < -0.4 is 11.3 Å². The lowest BCUT2D eigenvalue weighted by atomic mass is 10.3. The smallest absolute Gasteiger partial charge is 0.251 e. The first-order valence-electron chi connectivity index (χ1n) is 5.65. The van der Waals surface area contributed by atoms with Gasteiger partial charge in [0.1, 0.15) is 0 Å². The summed E-state index contributed by atoms with van der Waals surface area (Å²) in [4.78, 5) is 19.5. The zero-order valence-corrected chi connectivity index (χ0v) is 12.0. The molecule has 0 radical (unpaired) electrons. The van der Waals surface area contributed by atoms with Crippen LogP contribution in [0.4, 0.5) is 0 Å². The van der Waals surface area contributed by atoms with Gasteiger partial charge in [-0.2, -0.15) is 0 Å². The minimum Gasteiger partial charge on any atom is -0.320 e. The van der Waals surface area contributed by atoms with E-state index in [4.69, 9.17) is 5.73 Å². The molecule has 6 heteroatoms. The van der Waals surface area contributed by atoms with Crippen molar-refractivity contribution in [1.29, 1.82) is 0 Å². The molecule has 0 spiro atoms. The zero-order valence-electron chi connectivity index (χ0n) is 10.4. The van der Waals surface area contributed by atoms with Gasteiger partial charge in [0.25, 0.3) is 5.56 Å². The summed E-state index contributed by atoms with van der Waals surface area (Å²) in [6.45, 7) is 2.16. The molecule has 2 rings (SSSR count). The zero-order chi connectivity index (χ0) is 13.7. The normalized spacial score (nSPS) is 10.0. The van der Waals surface area contributed by atoms with Crippen LogP contribution in [0.2, 0.25) is 0 Å². The summed E-state index contributed by atoms with van der Waals surface area (Å²) in [5.74, 6) is 6.63. The molecule has 2 heterocycles. The molecular weight excluding hydrogens is 278 g/mol. The van der Waals surface area contributed by atoms with Gasteiger partial charge in [-0.05, 0) is 18.4 Å². The van der Waals surface area contributed by atoms with Gasteiger partial charge < -0.3 is 10.7 Å². The van der Waals surface area contributed by atoms with Crippen LogP contribution in [0.1, 0.15) is 16.1 Å². The standard InChI is InChI=1S/C13H13N3OS2/c1-9-7-12(17)16-13(15-9)19-8-11-10(3-2-5-14)4-6-18-11/h4,6-7H,5,8,14H2,1H3,(H,15,16,17). The summed E-state index contributed by atoms with van der Waals surface area (Å²) in [6.07, 6.45) is 0. The Balaban J connectivity index is 2.10. The molecule has 2 aromatic heterocycles. The highest BCUT2D eigenvalue weighted by Gasteiger charge is 2.05. The molecule has 0 saturated heterocycles. The van der Waals surface area contributed by atoms with Crippen molar-refractivity contribution >= 4 is 23.1 Å². The third-order valence-corrected chi connectivity index (χ3v) is 4.26. The molecule has 19 heavy (non-hydrogen) atoms. The predicted molar refractivity (Wildman–Crippen MR) is 79.4 cm³/mol. The fraction of sp³-hybridized carbons (Fsp3) is 0.231. The van der Waals surface area contributed by atoms with Crippen LogP contribution in [-0.2, 0) is 5.75 Å². The molecule has 0 aliphatic rings. The highest BCUT2D eigenvalue weighted by Crippen LogP contribution is 2.24. The van der Waals surface area contributed by atoms with Crippen LogP contribution in [0, 0.1) is 18.8 Å². The third-order valence-electron chi connectivity index (χ3n) is 2.26. The van der Waals surface area contributed by atoms with Crippen molar-refractivity contribution in [2.45, 2.75) is 17.8 Å². The quantitative estimate of drug-likeness (QED) is 0.513. The lowest BCUT2D eigenvalue weighted by Gasteiger charge is -2.00. The minimum atomic E-state index is -0.121. The van der Waals surface area contributed by atoms with E-state index in [0.717, 1.165) is 21.9 Å². The van der Waals surface area contributed by atoms with Crippen molar-refractivity contribution in [3.05, 3.63) is 44.0 Å². The van der Waals surface area contributed by atoms with Gasteiger partial charge in [-0.25, -0.2) is 4.98 Å². The van der Waals surface area contributed by atoms with Crippen molar-refractivity contribution in [2.24, 2.45) is 5.73 Å². The van der Waals surface area contributed by atoms with Gasteiger partial charge in [-0.15, -0.1) is 11.3 Å². The number of thioether (sulfide) groups is 1. The molecule has 0 bridgehead atoms. The molecule has 0 unspecified atom stereocenters. The maximum Gasteiger partial charge on any atom is 0.251 e. The van der Waals surface area contributed by atoms with Gasteiger partial charge in [0.2, 0.25) is 0 Å². The fourth-order valence-corrected chi connectivity index (χ4v) is 3.33. The summed E-state index contributed by atoms with van der Waals surface area (Å²) >= 11 is 3.14. The second kappa shape index (κ2) is 6.57. The van der Waals surface area contributed by atoms with Gasteiger partial charge in [-0.3, -0.25) is 4.79 Å². The number of nitrogens with two attached hydrogens (primary N) is 1. The monoisotopic (exact) mass is 291 g/mol. The number of hydrogen-bond donors (Lipinski definition) is 2. The van der Waals surface area contributed by atoms with E-state index in [2.05, 4.69) is 21.8 Å². The Morgan fingerprint density at radius 2 is 2.42 bits per heavy atom. The third kappa shape index (κ3) is 3.96. The molecule has 3 N–H and O–H groups in total. The number of thiophene rings is 1. The van der Waals surface area contributed by atoms with Crippen LogP contribution in [0.5, 0.6) is 0 Å². The number of aromatic nitrogens is 2. The molecule has 0 aliphatic carbocycles. The largest absolute Gasteiger partial charge is 0.320 e. The van der Waals surface area contributed by atoms with Crippen LogP contribution in [-0.4, -0.2) is 16.5 Å². The second-order valence-corrected chi connectivity index (χ2v) is 5.71. The number of aryl methyl sites for hydroxylation is 1. The van der Waals surface area contributed by atoms with Gasteiger partial charge in [-0.1, -0.05) is 23.6 Å². The fourth-order valence-electron chi connectivity index (χ4n) is 1.46. The molecule has 0 atom stereocenters. The first-order valence-corrected chi connectivity index (χ1v) is 7.51. The topological polar surface area (TPSA) is 71.8 Å². The van der Waals surface area contributed by atoms with Gasteiger partial charge in [0.05, 0.1) is 6.54 Å². The Morgan fingerprint density at radius 3 is 3.16 bits per heavy atom. The number of aromatic amines is 1. The van der Waals surface area contributed by atoms with Crippen molar-refractivity contribution in [3.8, 4) is 11.8 Å². The van der Waals surface area contributed by atoms with E-state index < -0.39 is 0 Å². The second-order valence-electron chi connectivity index (χ2n) is 3.74. The highest BCUT2D eigenvalue weighted by molar-refractivity contribution is 7.98. The maximum atomic E-state index is 11.3. The first-order chi connectivity index (χ1) is 9.19. The van der Waals surface area contributed by atoms with E-state index in [1.54, 1.807) is 11.3 Å². The molecular formula is C13H13N3OS2. The van der Waals surface area contributed by atoms with Gasteiger partial charge in [0, 0.05) is 28.0 Å². The van der Waals surface area contributed by atoms with Gasteiger partial charge >= 0.3 is 0 Å². The molecule has 0 fully saturated rings. The van der Waals surface area contributed by atoms with E-state index in [-0.39, 0.29) is 5.56 Å². The SMILES string of the molecule is Cc1cc(=O)[nH]c(SCc2sccc2C#CCN)n1. The molecule has 0 amide bonds. The van der Waals surface area contributed by atoms with Crippen LogP contribution in [0.15, 0.2) is 27.5 Å². The molecule has 0 aliphatic heterocycles. The van der Waals surface area contributed by atoms with Crippen molar-refractivity contribution in [1.82, 2.24) is 9.97 Å². The molecule has 0 aromatic carbocycles. The van der Waals surface area contributed by atoms with Crippen LogP contribution in [0.3, 0.4) is 0 Å². The molecule has 2 aromatic rings. The lowest BCUT2D eigenvalue weighted by molar-refractivity contribution is 0.905. The Bertz CT molecular complexity index is 679. The Hall–Kier alpha value is -1.55. The van der Waals surface area contributed by atoms with E-state index in [1.807, 2.05) is 18.4 Å². The van der Waals surface area contributed by atoms with Crippen LogP contribution in [0.25, 0.3) is 0 Å². The van der Waals surface area contributed by atoms with E-state index in [9.17, 15) is 4.79 Å². The van der Waals surface area contributed by atoms with Crippen molar-refractivity contribution in [3.63, 3.8) is 0 Å². The number of nitrogens with zero attached hydrogens (tertiary/aromatic N) is 1. The number of H-pyrrole nitrogens is 1. The lowest BCUT2D eigenvalue weighted by Crippen LogP contribution is -2.07. The maximum absolute atomic E-state index is 11.3. The Labute approximate surface area is 119 Å². The summed E-state index contributed by atoms with van der Waals surface area (Å²) in [6, 6.07) is 3.46. The number of rotatable bonds is 3. The molecule has 98 valence electrons. The molecule has 4 nitrogen and oxygen atoms in total. The Kier molecular flexibility index (Phi) is 4.80. The van der Waals surface area contributed by atoms with Gasteiger partial charge in [0.15, 0.2) is 5.16 Å². The van der Waals surface area contributed by atoms with Crippen molar-refractivity contribution in [2.75, 3.05) is 6.54 Å². The summed E-state index contributed by atoms with van der Waals surface area (Å²) in [5, 5.41) is 2.64. The highest BCUT2D eigenvalue weighted by atomic mass is 32.2. The van der Waals surface area contributed by atoms with E-state index in [0.29, 0.717) is 11.7 Å². The average molecular weight is 291 g/mol. The van der Waals surface area contributed by atoms with Crippen LogP contribution >= 0.6 is 23.1 Å². The Morgan fingerprint density at radius 1 is 1.58 bits per heavy atom. The predicted octanol–water partition coefficient (Wildman–Crippen LogP) is 1.74. The van der Waals surface area contributed by atoms with Crippen molar-refractivity contribution < 1.29 is 0 Å². The summed E-state index contributed by atoms with van der Waals surface area (Å²) in [7, 11) is 0. The average Bonchev–Trinajstić information content (AvgIpc) is 2.80. The molecule has 0 saturated carbocycles. The summed E-state index contributed by atoms with van der Waals surface area (Å²) in [5.41, 5.74) is 6.97. The van der Waals surface area contributed by atoms with E-state index in [1.165, 1.54) is 17.8 Å².